The lowest BCUT2D eigenvalue weighted by Crippen LogP contribution is -2.08. The standard InChI is InChI=1S/C12H17N3O/c1-9(16)3-2-6-15-12-7-10(8-13)4-5-11(12)14/h4-5,7,9,15-16H,2-3,6,14H2,1H3. The topological polar surface area (TPSA) is 82.1 Å². The van der Waals surface area contributed by atoms with Gasteiger partial charge >= 0.3 is 0 Å². The normalized spacial score (nSPS) is 11.8. The lowest BCUT2D eigenvalue weighted by molar-refractivity contribution is 0.183. The number of nitrogens with one attached hydrogen (secondary N) is 1. The number of hydrogen-bond donors (Lipinski definition) is 3. The molecule has 0 aliphatic heterocycles. The van der Waals surface area contributed by atoms with Crippen LogP contribution in [-0.4, -0.2) is 17.8 Å². The zero-order chi connectivity index (χ0) is 12.0. The van der Waals surface area contributed by atoms with E-state index in [-0.39, 0.29) is 6.10 Å². The summed E-state index contributed by atoms with van der Waals surface area (Å²) in [7, 11) is 0. The van der Waals surface area contributed by atoms with E-state index in [1.165, 1.54) is 0 Å². The Balaban J connectivity index is 2.50. The molecule has 4 N–H and O–H groups in total. The van der Waals surface area contributed by atoms with Crippen molar-refractivity contribution >= 4 is 11.4 Å². The first kappa shape index (κ1) is 12.3. The largest absolute Gasteiger partial charge is 0.397 e. The molecule has 4 heteroatoms. The molecule has 0 spiro atoms. The summed E-state index contributed by atoms with van der Waals surface area (Å²) < 4.78 is 0. The van der Waals surface area contributed by atoms with E-state index in [1.54, 1.807) is 25.1 Å². The molecular formula is C12H17N3O. The van der Waals surface area contributed by atoms with Gasteiger partial charge in [0.25, 0.3) is 0 Å². The van der Waals surface area contributed by atoms with Crippen LogP contribution in [0.1, 0.15) is 25.3 Å². The van der Waals surface area contributed by atoms with Gasteiger partial charge in [-0.15, -0.1) is 0 Å². The average molecular weight is 219 g/mol. The molecule has 86 valence electrons. The molecule has 16 heavy (non-hydrogen) atoms. The Morgan fingerprint density at radius 1 is 1.56 bits per heavy atom. The number of aliphatic hydroxyl groups excluding tert-OH is 1. The first-order chi connectivity index (χ1) is 7.63. The van der Waals surface area contributed by atoms with Crippen molar-refractivity contribution in [2.24, 2.45) is 0 Å². The van der Waals surface area contributed by atoms with Crippen LogP contribution in [0.4, 0.5) is 11.4 Å². The molecule has 1 aromatic carbocycles. The number of nitriles is 1. The molecule has 0 aromatic heterocycles. The third-order valence-electron chi connectivity index (χ3n) is 2.30. The van der Waals surface area contributed by atoms with Gasteiger partial charge in [-0.05, 0) is 38.0 Å². The number of nitrogens with two attached hydrogens (primary N) is 1. The van der Waals surface area contributed by atoms with Gasteiger partial charge in [0.1, 0.15) is 0 Å². The predicted octanol–water partition coefficient (Wildman–Crippen LogP) is 1.71. The molecule has 0 amide bonds. The molecule has 0 saturated carbocycles. The van der Waals surface area contributed by atoms with Gasteiger partial charge in [-0.2, -0.15) is 5.26 Å². The molecule has 0 fully saturated rings. The van der Waals surface area contributed by atoms with Crippen LogP contribution in [-0.2, 0) is 0 Å². The van der Waals surface area contributed by atoms with Gasteiger partial charge in [-0.1, -0.05) is 0 Å². The molecule has 1 rings (SSSR count). The van der Waals surface area contributed by atoms with E-state index in [1.807, 2.05) is 0 Å². The minimum atomic E-state index is -0.274. The highest BCUT2D eigenvalue weighted by Crippen LogP contribution is 2.19. The number of nitrogens with zero attached hydrogens (tertiary/aromatic N) is 1. The minimum absolute atomic E-state index is 0.274. The third-order valence-corrected chi connectivity index (χ3v) is 2.30. The Morgan fingerprint density at radius 2 is 2.31 bits per heavy atom. The number of aliphatic hydroxyl groups is 1. The number of nitrogen functional groups attached to an aromatic ring is 1. The maximum atomic E-state index is 9.09. The fraction of sp³-hybridized carbons (Fsp3) is 0.417. The molecule has 0 aliphatic carbocycles. The van der Waals surface area contributed by atoms with Crippen molar-refractivity contribution < 1.29 is 5.11 Å². The summed E-state index contributed by atoms with van der Waals surface area (Å²) in [5, 5.41) is 21.0. The highest BCUT2D eigenvalue weighted by Gasteiger charge is 2.01. The number of hydrogen-bond acceptors (Lipinski definition) is 4. The quantitative estimate of drug-likeness (QED) is 0.520. The monoisotopic (exact) mass is 219 g/mol. The maximum absolute atomic E-state index is 9.09. The molecule has 1 aromatic rings. The molecular weight excluding hydrogens is 202 g/mol. The molecule has 0 radical (unpaired) electrons. The van der Waals surface area contributed by atoms with Crippen LogP contribution < -0.4 is 11.1 Å². The molecule has 0 aliphatic rings. The lowest BCUT2D eigenvalue weighted by Gasteiger charge is -2.10. The van der Waals surface area contributed by atoms with Crippen LogP contribution >= 0.6 is 0 Å². The van der Waals surface area contributed by atoms with Gasteiger partial charge in [-0.25, -0.2) is 0 Å². The molecule has 4 nitrogen and oxygen atoms in total. The summed E-state index contributed by atoms with van der Waals surface area (Å²) in [5.41, 5.74) is 7.77. The van der Waals surface area contributed by atoms with Crippen LogP contribution in [0.3, 0.4) is 0 Å². The Bertz CT molecular complexity index is 382. The zero-order valence-electron chi connectivity index (χ0n) is 9.40. The molecule has 0 heterocycles. The highest BCUT2D eigenvalue weighted by atomic mass is 16.3. The van der Waals surface area contributed by atoms with Crippen molar-refractivity contribution in [1.29, 1.82) is 5.26 Å². The van der Waals surface area contributed by atoms with Crippen molar-refractivity contribution in [3.05, 3.63) is 23.8 Å². The van der Waals surface area contributed by atoms with Crippen LogP contribution in [0.2, 0.25) is 0 Å². The van der Waals surface area contributed by atoms with Crippen molar-refractivity contribution in [2.45, 2.75) is 25.9 Å². The Morgan fingerprint density at radius 3 is 2.94 bits per heavy atom. The first-order valence-electron chi connectivity index (χ1n) is 5.35. The Labute approximate surface area is 95.7 Å². The SMILES string of the molecule is CC(O)CCCNc1cc(C#N)ccc1N. The zero-order valence-corrected chi connectivity index (χ0v) is 9.40. The molecule has 0 bridgehead atoms. The fourth-order valence-corrected chi connectivity index (χ4v) is 1.40. The van der Waals surface area contributed by atoms with Gasteiger partial charge in [0.2, 0.25) is 0 Å². The van der Waals surface area contributed by atoms with E-state index in [0.29, 0.717) is 11.3 Å². The first-order valence-corrected chi connectivity index (χ1v) is 5.35. The van der Waals surface area contributed by atoms with E-state index >= 15 is 0 Å². The van der Waals surface area contributed by atoms with Crippen molar-refractivity contribution in [2.75, 3.05) is 17.6 Å². The van der Waals surface area contributed by atoms with Crippen LogP contribution in [0.5, 0.6) is 0 Å². The summed E-state index contributed by atoms with van der Waals surface area (Å²) in [5.74, 6) is 0. The van der Waals surface area contributed by atoms with Crippen molar-refractivity contribution in [1.82, 2.24) is 0 Å². The smallest absolute Gasteiger partial charge is 0.0992 e. The minimum Gasteiger partial charge on any atom is -0.397 e. The number of benzene rings is 1. The summed E-state index contributed by atoms with van der Waals surface area (Å²) in [6.45, 7) is 2.51. The van der Waals surface area contributed by atoms with E-state index in [2.05, 4.69) is 11.4 Å². The van der Waals surface area contributed by atoms with Gasteiger partial charge in [0, 0.05) is 6.54 Å². The second-order valence-corrected chi connectivity index (χ2v) is 3.83. The van der Waals surface area contributed by atoms with Gasteiger partial charge in [0.05, 0.1) is 29.1 Å². The second kappa shape index (κ2) is 5.99. The van der Waals surface area contributed by atoms with Crippen LogP contribution in [0, 0.1) is 11.3 Å². The maximum Gasteiger partial charge on any atom is 0.0992 e. The summed E-state index contributed by atoms with van der Waals surface area (Å²) in [6.07, 6.45) is 1.35. The number of anilines is 2. The van der Waals surface area contributed by atoms with E-state index in [0.717, 1.165) is 25.1 Å². The molecule has 1 atom stereocenters. The predicted molar refractivity (Wildman–Crippen MR) is 65.0 cm³/mol. The molecule has 1 unspecified atom stereocenters. The van der Waals surface area contributed by atoms with Crippen molar-refractivity contribution in [3.8, 4) is 6.07 Å². The Kier molecular flexibility index (Phi) is 4.62. The van der Waals surface area contributed by atoms with Crippen molar-refractivity contribution in [3.63, 3.8) is 0 Å². The second-order valence-electron chi connectivity index (χ2n) is 3.83. The van der Waals surface area contributed by atoms with Crippen LogP contribution in [0.15, 0.2) is 18.2 Å². The highest BCUT2D eigenvalue weighted by molar-refractivity contribution is 5.68. The van der Waals surface area contributed by atoms with E-state index in [4.69, 9.17) is 16.1 Å². The third kappa shape index (κ3) is 3.79. The molecule has 0 saturated heterocycles. The average Bonchev–Trinajstić information content (AvgIpc) is 2.26. The summed E-state index contributed by atoms with van der Waals surface area (Å²) in [6, 6.07) is 7.21. The van der Waals surface area contributed by atoms with Gasteiger partial charge in [-0.3, -0.25) is 0 Å². The summed E-state index contributed by atoms with van der Waals surface area (Å²) >= 11 is 0. The van der Waals surface area contributed by atoms with E-state index < -0.39 is 0 Å². The summed E-state index contributed by atoms with van der Waals surface area (Å²) in [4.78, 5) is 0. The Hall–Kier alpha value is -1.73. The van der Waals surface area contributed by atoms with Crippen LogP contribution in [0.25, 0.3) is 0 Å². The van der Waals surface area contributed by atoms with Gasteiger partial charge in [0.15, 0.2) is 0 Å². The van der Waals surface area contributed by atoms with Gasteiger partial charge < -0.3 is 16.2 Å². The lowest BCUT2D eigenvalue weighted by atomic mass is 10.1. The fourth-order valence-electron chi connectivity index (χ4n) is 1.40. The van der Waals surface area contributed by atoms with E-state index in [9.17, 15) is 0 Å². The number of rotatable bonds is 5.